The average molecular weight is 313 g/mol. The van der Waals surface area contributed by atoms with Gasteiger partial charge in [0, 0.05) is 23.8 Å². The van der Waals surface area contributed by atoms with E-state index < -0.39 is 17.2 Å². The molecule has 1 aromatic heterocycles. The molecule has 21 heavy (non-hydrogen) atoms. The molecule has 1 saturated heterocycles. The van der Waals surface area contributed by atoms with Crippen molar-refractivity contribution in [2.45, 2.75) is 50.4 Å². The quantitative estimate of drug-likeness (QED) is 0.928. The molecule has 7 heteroatoms. The first-order valence-electron chi connectivity index (χ1n) is 7.16. The van der Waals surface area contributed by atoms with Crippen LogP contribution in [-0.4, -0.2) is 26.9 Å². The summed E-state index contributed by atoms with van der Waals surface area (Å²) in [5.74, 6) is -0.0871. The van der Waals surface area contributed by atoms with Gasteiger partial charge in [-0.25, -0.2) is 9.18 Å². The number of hydrogen-bond acceptors (Lipinski definition) is 4. The van der Waals surface area contributed by atoms with E-state index in [9.17, 15) is 14.0 Å². The maximum atomic E-state index is 14.4. The summed E-state index contributed by atoms with van der Waals surface area (Å²) in [5, 5.41) is 2.19. The van der Waals surface area contributed by atoms with Gasteiger partial charge < -0.3 is 5.32 Å². The van der Waals surface area contributed by atoms with Gasteiger partial charge in [-0.15, -0.1) is 11.8 Å². The molecule has 4 atom stereocenters. The highest BCUT2D eigenvalue weighted by Gasteiger charge is 2.42. The fourth-order valence-corrected chi connectivity index (χ4v) is 4.08. The number of aromatic nitrogens is 2. The molecular weight excluding hydrogens is 293 g/mol. The van der Waals surface area contributed by atoms with Gasteiger partial charge in [0.25, 0.3) is 0 Å². The van der Waals surface area contributed by atoms with Gasteiger partial charge in [0.15, 0.2) is 0 Å². The maximum Gasteiger partial charge on any atom is 0.350 e. The molecule has 0 spiro atoms. The van der Waals surface area contributed by atoms with Crippen LogP contribution in [0.3, 0.4) is 0 Å². The third-order valence-corrected chi connectivity index (χ3v) is 5.65. The Hall–Kier alpha value is -1.37. The number of carbonyl (C=O) groups is 1. The van der Waals surface area contributed by atoms with E-state index >= 15 is 0 Å². The first kappa shape index (κ1) is 16.0. The fraction of sp³-hybridized carbons (Fsp3) is 0.643. The number of nitrogens with one attached hydrogen (secondary N) is 1. The minimum absolute atomic E-state index is 0.0867. The van der Waals surface area contributed by atoms with Crippen LogP contribution in [0.15, 0.2) is 17.1 Å². The molecule has 2 rings (SSSR count). The predicted octanol–water partition coefficient (Wildman–Crippen LogP) is 2.59. The summed E-state index contributed by atoms with van der Waals surface area (Å²) >= 11 is 1.48. The second-order valence-electron chi connectivity index (χ2n) is 5.18. The van der Waals surface area contributed by atoms with Gasteiger partial charge in [-0.2, -0.15) is 4.98 Å². The summed E-state index contributed by atoms with van der Waals surface area (Å²) in [5.41, 5.74) is -0.534. The fourth-order valence-electron chi connectivity index (χ4n) is 2.44. The highest BCUT2D eigenvalue weighted by molar-refractivity contribution is 8.00. The molecule has 1 fully saturated rings. The standard InChI is InChI=1S/C14H20FN3O2S/c1-4-9-8(3)12(15)13(21-9)18-7-6-10(17-14(18)20)16-11(19)5-2/h6-9,12-13H,4-5H2,1-3H3,(H,16,17,19,20)/t8-,9-,12+,13-/m1/s1. The Morgan fingerprint density at radius 2 is 2.24 bits per heavy atom. The largest absolute Gasteiger partial charge is 0.350 e. The number of alkyl halides is 1. The van der Waals surface area contributed by atoms with Crippen molar-refractivity contribution in [3.8, 4) is 0 Å². The second kappa shape index (κ2) is 6.60. The highest BCUT2D eigenvalue weighted by Crippen LogP contribution is 2.47. The number of amides is 1. The van der Waals surface area contributed by atoms with Crippen molar-refractivity contribution in [1.29, 1.82) is 0 Å². The van der Waals surface area contributed by atoms with E-state index in [-0.39, 0.29) is 22.9 Å². The molecule has 1 aromatic rings. The molecule has 1 amide bonds. The van der Waals surface area contributed by atoms with Crippen LogP contribution >= 0.6 is 11.8 Å². The number of hydrogen-bond donors (Lipinski definition) is 1. The van der Waals surface area contributed by atoms with Crippen molar-refractivity contribution in [3.63, 3.8) is 0 Å². The number of rotatable bonds is 4. The molecule has 0 bridgehead atoms. The van der Waals surface area contributed by atoms with Crippen LogP contribution < -0.4 is 11.0 Å². The average Bonchev–Trinajstić information content (AvgIpc) is 2.75. The molecule has 0 aliphatic carbocycles. The van der Waals surface area contributed by atoms with Crippen LogP contribution in [0.5, 0.6) is 0 Å². The van der Waals surface area contributed by atoms with Gasteiger partial charge in [-0.1, -0.05) is 20.8 Å². The number of halogens is 1. The zero-order valence-electron chi connectivity index (χ0n) is 12.4. The lowest BCUT2D eigenvalue weighted by atomic mass is 10.0. The second-order valence-corrected chi connectivity index (χ2v) is 6.54. The van der Waals surface area contributed by atoms with Gasteiger partial charge in [-0.05, 0) is 12.5 Å². The van der Waals surface area contributed by atoms with Crippen LogP contribution in [0.1, 0.15) is 39.0 Å². The van der Waals surface area contributed by atoms with Crippen molar-refractivity contribution in [3.05, 3.63) is 22.7 Å². The minimum atomic E-state index is -1.07. The van der Waals surface area contributed by atoms with E-state index in [0.29, 0.717) is 6.42 Å². The first-order valence-corrected chi connectivity index (χ1v) is 8.10. The van der Waals surface area contributed by atoms with E-state index in [2.05, 4.69) is 10.3 Å². The summed E-state index contributed by atoms with van der Waals surface area (Å²) in [7, 11) is 0. The Labute approximate surface area is 127 Å². The molecule has 0 unspecified atom stereocenters. The van der Waals surface area contributed by atoms with E-state index in [1.54, 1.807) is 6.92 Å². The summed E-state index contributed by atoms with van der Waals surface area (Å²) in [6.45, 7) is 5.61. The van der Waals surface area contributed by atoms with Crippen LogP contribution in [-0.2, 0) is 4.79 Å². The SMILES string of the molecule is CCC(=O)Nc1ccn([C@@H]2S[C@H](CC)[C@@H](C)[C@@H]2F)c(=O)n1. The van der Waals surface area contributed by atoms with E-state index in [1.807, 2.05) is 13.8 Å². The van der Waals surface area contributed by atoms with Crippen molar-refractivity contribution in [2.75, 3.05) is 5.32 Å². The van der Waals surface area contributed by atoms with E-state index in [4.69, 9.17) is 0 Å². The normalized spacial score (nSPS) is 28.6. The maximum absolute atomic E-state index is 14.4. The number of nitrogens with zero attached hydrogens (tertiary/aromatic N) is 2. The Balaban J connectivity index is 2.22. The molecule has 5 nitrogen and oxygen atoms in total. The summed E-state index contributed by atoms with van der Waals surface area (Å²) in [6, 6.07) is 1.53. The van der Waals surface area contributed by atoms with Crippen molar-refractivity contribution < 1.29 is 9.18 Å². The lowest BCUT2D eigenvalue weighted by Crippen LogP contribution is -2.30. The number of anilines is 1. The van der Waals surface area contributed by atoms with Gasteiger partial charge in [0.1, 0.15) is 17.4 Å². The molecule has 116 valence electrons. The zero-order valence-corrected chi connectivity index (χ0v) is 13.2. The third-order valence-electron chi connectivity index (χ3n) is 3.77. The summed E-state index contributed by atoms with van der Waals surface area (Å²) in [6.07, 6.45) is 1.62. The third kappa shape index (κ3) is 3.28. The Morgan fingerprint density at radius 1 is 1.52 bits per heavy atom. The zero-order chi connectivity index (χ0) is 15.6. The molecule has 0 saturated carbocycles. The van der Waals surface area contributed by atoms with Crippen molar-refractivity contribution in [2.24, 2.45) is 5.92 Å². The highest BCUT2D eigenvalue weighted by atomic mass is 32.2. The van der Waals surface area contributed by atoms with Crippen LogP contribution in [0.2, 0.25) is 0 Å². The lowest BCUT2D eigenvalue weighted by Gasteiger charge is -2.16. The molecule has 1 aliphatic heterocycles. The molecule has 1 aliphatic rings. The van der Waals surface area contributed by atoms with Gasteiger partial charge in [0.2, 0.25) is 5.91 Å². The number of carbonyl (C=O) groups excluding carboxylic acids is 1. The predicted molar refractivity (Wildman–Crippen MR) is 82.2 cm³/mol. The Morgan fingerprint density at radius 3 is 2.76 bits per heavy atom. The molecule has 0 radical (unpaired) electrons. The van der Waals surface area contributed by atoms with E-state index in [1.165, 1.54) is 28.6 Å². The smallest absolute Gasteiger partial charge is 0.310 e. The molecular formula is C14H20FN3O2S. The van der Waals surface area contributed by atoms with Gasteiger partial charge in [-0.3, -0.25) is 9.36 Å². The molecule has 1 N–H and O–H groups in total. The lowest BCUT2D eigenvalue weighted by molar-refractivity contribution is -0.115. The van der Waals surface area contributed by atoms with Crippen molar-refractivity contribution in [1.82, 2.24) is 9.55 Å². The Bertz CT molecular complexity index is 578. The van der Waals surface area contributed by atoms with Gasteiger partial charge in [0.05, 0.1) is 0 Å². The first-order chi connectivity index (χ1) is 9.97. The van der Waals surface area contributed by atoms with Crippen LogP contribution in [0.25, 0.3) is 0 Å². The molecule has 2 heterocycles. The monoisotopic (exact) mass is 313 g/mol. The minimum Gasteiger partial charge on any atom is -0.310 e. The van der Waals surface area contributed by atoms with Crippen LogP contribution in [0.4, 0.5) is 10.2 Å². The number of thioether (sulfide) groups is 1. The van der Waals surface area contributed by atoms with Crippen molar-refractivity contribution >= 4 is 23.5 Å². The molecule has 0 aromatic carbocycles. The Kier molecular flexibility index (Phi) is 5.03. The summed E-state index contributed by atoms with van der Waals surface area (Å²) in [4.78, 5) is 27.2. The topological polar surface area (TPSA) is 64.0 Å². The summed E-state index contributed by atoms with van der Waals surface area (Å²) < 4.78 is 15.7. The van der Waals surface area contributed by atoms with Gasteiger partial charge >= 0.3 is 5.69 Å². The van der Waals surface area contributed by atoms with Crippen LogP contribution in [0, 0.1) is 5.92 Å². The van der Waals surface area contributed by atoms with E-state index in [0.717, 1.165) is 6.42 Å².